The predicted molar refractivity (Wildman–Crippen MR) is 105 cm³/mol. The van der Waals surface area contributed by atoms with Crippen molar-refractivity contribution in [2.75, 3.05) is 0 Å². The molecule has 4 heterocycles. The highest BCUT2D eigenvalue weighted by molar-refractivity contribution is 6.30. The van der Waals surface area contributed by atoms with E-state index in [0.717, 1.165) is 37.1 Å². The molecule has 3 aromatic rings. The molecule has 0 amide bonds. The van der Waals surface area contributed by atoms with Gasteiger partial charge >= 0.3 is 0 Å². The number of halogens is 2. The quantitative estimate of drug-likeness (QED) is 0.613. The van der Waals surface area contributed by atoms with E-state index < -0.39 is 5.82 Å². The maximum atomic E-state index is 14.7. The van der Waals surface area contributed by atoms with Gasteiger partial charge in [-0.05, 0) is 57.7 Å². The lowest BCUT2D eigenvalue weighted by atomic mass is 9.94. The molecule has 0 aliphatic carbocycles. The molecule has 2 unspecified atom stereocenters. The number of ether oxygens (including phenoxy) is 1. The van der Waals surface area contributed by atoms with Crippen molar-refractivity contribution in [2.24, 2.45) is 0 Å². The number of benzene rings is 1. The number of nitrogens with zero attached hydrogens (tertiary/aromatic N) is 4. The maximum Gasteiger partial charge on any atom is 0.182 e. The summed E-state index contributed by atoms with van der Waals surface area (Å²) >= 11 is 5.95. The molecule has 5 nitrogen and oxygen atoms in total. The maximum absolute atomic E-state index is 14.7. The number of fused-ring (bicyclic) bond motifs is 3. The van der Waals surface area contributed by atoms with Crippen LogP contribution in [0.3, 0.4) is 0 Å². The summed E-state index contributed by atoms with van der Waals surface area (Å²) in [5.41, 5.74) is 3.46. The van der Waals surface area contributed by atoms with Crippen LogP contribution in [0.5, 0.6) is 0 Å². The minimum absolute atomic E-state index is 0.188. The lowest BCUT2D eigenvalue weighted by Crippen LogP contribution is -2.25. The van der Waals surface area contributed by atoms with Gasteiger partial charge in [0.2, 0.25) is 0 Å². The number of aryl methyl sites for hydroxylation is 2. The highest BCUT2D eigenvalue weighted by atomic mass is 35.5. The summed E-state index contributed by atoms with van der Waals surface area (Å²) in [5.74, 6) is 0.466. The topological polar surface area (TPSA) is 60.8 Å². The van der Waals surface area contributed by atoms with Gasteiger partial charge in [0.1, 0.15) is 22.9 Å². The van der Waals surface area contributed by atoms with Gasteiger partial charge in [-0.15, -0.1) is 0 Å². The van der Waals surface area contributed by atoms with Gasteiger partial charge < -0.3 is 4.74 Å². The molecule has 28 heavy (non-hydrogen) atoms. The zero-order valence-electron chi connectivity index (χ0n) is 15.7. The average molecular weight is 399 g/mol. The number of hydrogen-bond acceptors (Lipinski definition) is 5. The standard InChI is InChI=1S/C21H20ClFN4O/c1-10-11(2)25-21-19(24-10)18(16-6-3-13(22)9-17(16)23)26-20(27-21)12-7-14-4-5-15(8-12)28-14/h3,6,9,12,14-15H,4-5,7-8H2,1-2H3. The minimum atomic E-state index is -0.425. The molecule has 0 N–H and O–H groups in total. The van der Waals surface area contributed by atoms with Crippen LogP contribution in [0.1, 0.15) is 48.8 Å². The highest BCUT2D eigenvalue weighted by Crippen LogP contribution is 2.41. The molecular formula is C21H20ClFN4O. The largest absolute Gasteiger partial charge is 0.375 e. The second-order valence-corrected chi connectivity index (χ2v) is 8.18. The number of hydrogen-bond donors (Lipinski definition) is 0. The summed E-state index contributed by atoms with van der Waals surface area (Å²) in [5, 5.41) is 0.346. The van der Waals surface area contributed by atoms with E-state index in [4.69, 9.17) is 26.3 Å². The van der Waals surface area contributed by atoms with Crippen LogP contribution in [0.4, 0.5) is 4.39 Å². The summed E-state index contributed by atoms with van der Waals surface area (Å²) in [4.78, 5) is 18.8. The van der Waals surface area contributed by atoms with Crippen LogP contribution in [0.2, 0.25) is 5.02 Å². The molecule has 144 valence electrons. The minimum Gasteiger partial charge on any atom is -0.375 e. The lowest BCUT2D eigenvalue weighted by molar-refractivity contribution is -0.00502. The first-order chi connectivity index (χ1) is 13.5. The summed E-state index contributed by atoms with van der Waals surface area (Å²) in [6.45, 7) is 3.79. The second-order valence-electron chi connectivity index (χ2n) is 7.75. The summed E-state index contributed by atoms with van der Waals surface area (Å²) < 4.78 is 20.7. The van der Waals surface area contributed by atoms with Crippen LogP contribution in [-0.2, 0) is 4.74 Å². The fraction of sp³-hybridized carbons (Fsp3) is 0.429. The molecule has 1 aromatic carbocycles. The Labute approximate surface area is 167 Å². The Bertz CT molecular complexity index is 1080. The van der Waals surface area contributed by atoms with Gasteiger partial charge in [0.05, 0.1) is 23.6 Å². The van der Waals surface area contributed by atoms with E-state index in [1.165, 1.54) is 6.07 Å². The number of rotatable bonds is 2. The molecule has 0 saturated carbocycles. The van der Waals surface area contributed by atoms with E-state index in [2.05, 4.69) is 9.97 Å². The van der Waals surface area contributed by atoms with Crippen molar-refractivity contribution >= 4 is 22.8 Å². The molecule has 2 aromatic heterocycles. The molecule has 2 aliphatic rings. The third-order valence-electron chi connectivity index (χ3n) is 5.80. The Morgan fingerprint density at radius 1 is 1.00 bits per heavy atom. The first-order valence-electron chi connectivity index (χ1n) is 9.61. The van der Waals surface area contributed by atoms with Crippen LogP contribution in [0.25, 0.3) is 22.4 Å². The molecular weight excluding hydrogens is 379 g/mol. The van der Waals surface area contributed by atoms with Gasteiger partial charge in [0.25, 0.3) is 0 Å². The van der Waals surface area contributed by atoms with Crippen molar-refractivity contribution in [1.82, 2.24) is 19.9 Å². The summed E-state index contributed by atoms with van der Waals surface area (Å²) in [7, 11) is 0. The van der Waals surface area contributed by atoms with Crippen molar-refractivity contribution in [3.63, 3.8) is 0 Å². The van der Waals surface area contributed by atoms with Crippen molar-refractivity contribution in [2.45, 2.75) is 57.7 Å². The van der Waals surface area contributed by atoms with Crippen molar-refractivity contribution in [3.05, 3.63) is 46.3 Å². The molecule has 0 spiro atoms. The molecule has 0 radical (unpaired) electrons. The normalized spacial score (nSPS) is 24.1. The Morgan fingerprint density at radius 3 is 2.43 bits per heavy atom. The molecule has 2 bridgehead atoms. The lowest BCUT2D eigenvalue weighted by Gasteiger charge is -2.27. The van der Waals surface area contributed by atoms with Gasteiger partial charge in [0.15, 0.2) is 5.65 Å². The van der Waals surface area contributed by atoms with Crippen molar-refractivity contribution < 1.29 is 9.13 Å². The molecule has 2 atom stereocenters. The third kappa shape index (κ3) is 3.05. The average Bonchev–Trinajstić information content (AvgIpc) is 3.00. The monoisotopic (exact) mass is 398 g/mol. The highest BCUT2D eigenvalue weighted by Gasteiger charge is 2.37. The van der Waals surface area contributed by atoms with E-state index in [-0.39, 0.29) is 18.1 Å². The molecule has 2 aliphatic heterocycles. The second kappa shape index (κ2) is 6.71. The summed E-state index contributed by atoms with van der Waals surface area (Å²) in [6.07, 6.45) is 4.50. The molecule has 2 saturated heterocycles. The van der Waals surface area contributed by atoms with E-state index in [9.17, 15) is 4.39 Å². The summed E-state index contributed by atoms with van der Waals surface area (Å²) in [6, 6.07) is 4.61. The van der Waals surface area contributed by atoms with Crippen molar-refractivity contribution in [3.8, 4) is 11.3 Å². The Morgan fingerprint density at radius 2 is 1.71 bits per heavy atom. The Kier molecular flexibility index (Phi) is 4.29. The van der Waals surface area contributed by atoms with Crippen LogP contribution >= 0.6 is 11.6 Å². The molecule has 7 heteroatoms. The fourth-order valence-electron chi connectivity index (χ4n) is 4.25. The van der Waals surface area contributed by atoms with Crippen molar-refractivity contribution in [1.29, 1.82) is 0 Å². The van der Waals surface area contributed by atoms with Gasteiger partial charge in [-0.25, -0.2) is 24.3 Å². The van der Waals surface area contributed by atoms with Gasteiger partial charge in [0, 0.05) is 16.5 Å². The van der Waals surface area contributed by atoms with Crippen LogP contribution < -0.4 is 0 Å². The SMILES string of the molecule is Cc1nc2nc(C3CC4CCC(C3)O4)nc(-c3ccc(Cl)cc3F)c2nc1C. The third-order valence-corrected chi connectivity index (χ3v) is 6.04. The Balaban J connectivity index is 1.71. The Hall–Kier alpha value is -2.18. The van der Waals surface area contributed by atoms with Crippen LogP contribution in [0, 0.1) is 19.7 Å². The smallest absolute Gasteiger partial charge is 0.182 e. The zero-order valence-corrected chi connectivity index (χ0v) is 16.5. The van der Waals surface area contributed by atoms with Gasteiger partial charge in [-0.1, -0.05) is 11.6 Å². The molecule has 2 fully saturated rings. The zero-order chi connectivity index (χ0) is 19.4. The van der Waals surface area contributed by atoms with E-state index >= 15 is 0 Å². The molecule has 5 rings (SSSR count). The van der Waals surface area contributed by atoms with Gasteiger partial charge in [-0.3, -0.25) is 0 Å². The predicted octanol–water partition coefficient (Wildman–Crippen LogP) is 4.92. The first kappa shape index (κ1) is 17.9. The van der Waals surface area contributed by atoms with Gasteiger partial charge in [-0.2, -0.15) is 0 Å². The number of aromatic nitrogens is 4. The van der Waals surface area contributed by atoms with Crippen LogP contribution in [0.15, 0.2) is 18.2 Å². The van der Waals surface area contributed by atoms with E-state index in [1.54, 1.807) is 12.1 Å². The van der Waals surface area contributed by atoms with E-state index in [0.29, 0.717) is 33.3 Å². The van der Waals surface area contributed by atoms with Crippen LogP contribution in [-0.4, -0.2) is 32.1 Å². The first-order valence-corrected chi connectivity index (χ1v) is 9.99. The fourth-order valence-corrected chi connectivity index (χ4v) is 4.41. The van der Waals surface area contributed by atoms with E-state index in [1.807, 2.05) is 13.8 Å².